The molecule has 0 bridgehead atoms. The highest BCUT2D eigenvalue weighted by Gasteiger charge is 2.20. The van der Waals surface area contributed by atoms with Crippen molar-refractivity contribution in [1.29, 1.82) is 0 Å². The predicted molar refractivity (Wildman–Crippen MR) is 69.8 cm³/mol. The minimum absolute atomic E-state index is 0.306. The van der Waals surface area contributed by atoms with Crippen molar-refractivity contribution >= 4 is 27.3 Å². The van der Waals surface area contributed by atoms with Gasteiger partial charge in [0.1, 0.15) is 5.01 Å². The Balaban J connectivity index is 1.57. The topological polar surface area (TPSA) is 34.1 Å². The van der Waals surface area contributed by atoms with Crippen LogP contribution in [0.4, 0.5) is 0 Å². The van der Waals surface area contributed by atoms with Crippen LogP contribution in [0.2, 0.25) is 0 Å². The largest absolute Gasteiger partial charge is 0.380 e. The molecule has 0 radical (unpaired) electrons. The molecule has 1 aromatic heterocycles. The van der Waals surface area contributed by atoms with Crippen molar-refractivity contribution in [3.8, 4) is 0 Å². The summed E-state index contributed by atoms with van der Waals surface area (Å²) in [6.07, 6.45) is 4.57. The van der Waals surface area contributed by atoms with Crippen LogP contribution in [0.1, 0.15) is 30.8 Å². The second kappa shape index (κ2) is 6.10. The van der Waals surface area contributed by atoms with Crippen LogP contribution in [0.5, 0.6) is 0 Å². The van der Waals surface area contributed by atoms with Crippen LogP contribution in [0, 0.1) is 5.92 Å². The Morgan fingerprint density at radius 2 is 2.50 bits per heavy atom. The van der Waals surface area contributed by atoms with E-state index in [0.717, 1.165) is 34.5 Å². The average molecular weight is 305 g/mol. The first-order chi connectivity index (χ1) is 7.75. The summed E-state index contributed by atoms with van der Waals surface area (Å²) in [5.41, 5.74) is 0. The summed E-state index contributed by atoms with van der Waals surface area (Å²) in [5, 5.41) is 4.53. The van der Waals surface area contributed by atoms with Gasteiger partial charge in [-0.3, -0.25) is 0 Å². The van der Waals surface area contributed by atoms with Crippen molar-refractivity contribution in [2.24, 2.45) is 5.92 Å². The zero-order chi connectivity index (χ0) is 11.4. The van der Waals surface area contributed by atoms with Crippen LogP contribution in [0.3, 0.4) is 0 Å². The number of rotatable bonds is 7. The summed E-state index contributed by atoms with van der Waals surface area (Å²) in [5.74, 6) is 0.854. The summed E-state index contributed by atoms with van der Waals surface area (Å²) in [6.45, 7) is 4.77. The van der Waals surface area contributed by atoms with Gasteiger partial charge in [-0.1, -0.05) is 0 Å². The lowest BCUT2D eigenvalue weighted by Crippen LogP contribution is -2.23. The summed E-state index contributed by atoms with van der Waals surface area (Å²) in [4.78, 5) is 4.32. The summed E-state index contributed by atoms with van der Waals surface area (Å²) >= 11 is 5.10. The zero-order valence-electron chi connectivity index (χ0n) is 9.41. The fraction of sp³-hybridized carbons (Fsp3) is 0.727. The highest BCUT2D eigenvalue weighted by atomic mass is 79.9. The lowest BCUT2D eigenvalue weighted by Gasteiger charge is -2.10. The third kappa shape index (κ3) is 4.13. The summed E-state index contributed by atoms with van der Waals surface area (Å²) in [7, 11) is 0. The molecule has 16 heavy (non-hydrogen) atoms. The molecule has 1 heterocycles. The number of nitrogens with one attached hydrogen (secondary N) is 1. The predicted octanol–water partition coefficient (Wildman–Crippen LogP) is 2.98. The molecule has 3 nitrogen and oxygen atoms in total. The minimum atomic E-state index is 0.306. The summed E-state index contributed by atoms with van der Waals surface area (Å²) < 4.78 is 6.64. The van der Waals surface area contributed by atoms with Gasteiger partial charge in [0.2, 0.25) is 0 Å². The molecule has 5 heteroatoms. The van der Waals surface area contributed by atoms with Crippen molar-refractivity contribution in [2.45, 2.75) is 25.8 Å². The molecule has 1 unspecified atom stereocenters. The van der Waals surface area contributed by atoms with Crippen molar-refractivity contribution < 1.29 is 4.74 Å². The van der Waals surface area contributed by atoms with E-state index < -0.39 is 0 Å². The van der Waals surface area contributed by atoms with E-state index in [1.54, 1.807) is 11.3 Å². The van der Waals surface area contributed by atoms with Crippen molar-refractivity contribution in [2.75, 3.05) is 19.8 Å². The fourth-order valence-electron chi connectivity index (χ4n) is 1.44. The maximum atomic E-state index is 5.56. The molecule has 1 N–H and O–H groups in total. The molecular formula is C11H17BrN2OS. The molecule has 1 aliphatic carbocycles. The molecule has 1 fully saturated rings. The SMILES string of the molecule is CC(NCCOCC1CC1)c1ncc(Br)s1. The van der Waals surface area contributed by atoms with Crippen LogP contribution in [-0.2, 0) is 4.74 Å². The van der Waals surface area contributed by atoms with Gasteiger partial charge in [0.05, 0.1) is 22.6 Å². The average Bonchev–Trinajstić information content (AvgIpc) is 2.99. The van der Waals surface area contributed by atoms with E-state index in [2.05, 4.69) is 33.2 Å². The molecule has 0 spiro atoms. The van der Waals surface area contributed by atoms with Gasteiger partial charge in [-0.15, -0.1) is 11.3 Å². The summed E-state index contributed by atoms with van der Waals surface area (Å²) in [6, 6.07) is 0.306. The smallest absolute Gasteiger partial charge is 0.110 e. The number of thiazole rings is 1. The fourth-order valence-corrected chi connectivity index (χ4v) is 2.71. The highest BCUT2D eigenvalue weighted by Crippen LogP contribution is 2.28. The Labute approximate surface area is 109 Å². The second-order valence-corrected chi connectivity index (χ2v) is 6.64. The van der Waals surface area contributed by atoms with E-state index in [0.29, 0.717) is 6.04 Å². The van der Waals surface area contributed by atoms with Crippen LogP contribution in [0.25, 0.3) is 0 Å². The van der Waals surface area contributed by atoms with Gasteiger partial charge >= 0.3 is 0 Å². The van der Waals surface area contributed by atoms with Gasteiger partial charge in [-0.2, -0.15) is 0 Å². The number of ether oxygens (including phenoxy) is 1. The Morgan fingerprint density at radius 3 is 3.12 bits per heavy atom. The Kier molecular flexibility index (Phi) is 4.76. The van der Waals surface area contributed by atoms with Crippen molar-refractivity contribution in [1.82, 2.24) is 10.3 Å². The van der Waals surface area contributed by atoms with Gasteiger partial charge in [0.25, 0.3) is 0 Å². The van der Waals surface area contributed by atoms with Gasteiger partial charge in [0, 0.05) is 13.2 Å². The van der Waals surface area contributed by atoms with Crippen LogP contribution in [-0.4, -0.2) is 24.7 Å². The number of halogens is 1. The van der Waals surface area contributed by atoms with Gasteiger partial charge in [-0.05, 0) is 41.6 Å². The maximum absolute atomic E-state index is 5.56. The monoisotopic (exact) mass is 304 g/mol. The molecule has 90 valence electrons. The molecular weight excluding hydrogens is 288 g/mol. The third-order valence-electron chi connectivity index (χ3n) is 2.61. The number of nitrogens with zero attached hydrogens (tertiary/aromatic N) is 1. The first kappa shape index (κ1) is 12.5. The lowest BCUT2D eigenvalue weighted by atomic mass is 10.3. The molecule has 1 saturated carbocycles. The highest BCUT2D eigenvalue weighted by molar-refractivity contribution is 9.11. The number of hydrogen-bond acceptors (Lipinski definition) is 4. The van der Waals surface area contributed by atoms with Crippen LogP contribution in [0.15, 0.2) is 9.98 Å². The number of hydrogen-bond donors (Lipinski definition) is 1. The van der Waals surface area contributed by atoms with E-state index >= 15 is 0 Å². The standard InChI is InChI=1S/C11H17BrN2OS/c1-8(11-14-6-10(12)16-11)13-4-5-15-7-9-2-3-9/h6,8-9,13H,2-5,7H2,1H3. The first-order valence-corrected chi connectivity index (χ1v) is 7.29. The van der Waals surface area contributed by atoms with E-state index in [1.165, 1.54) is 12.8 Å². The van der Waals surface area contributed by atoms with E-state index in [-0.39, 0.29) is 0 Å². The van der Waals surface area contributed by atoms with E-state index in [1.807, 2.05) is 6.20 Å². The number of aromatic nitrogens is 1. The molecule has 1 aliphatic rings. The molecule has 0 amide bonds. The quantitative estimate of drug-likeness (QED) is 0.786. The normalized spacial score (nSPS) is 17.6. The second-order valence-electron chi connectivity index (χ2n) is 4.20. The molecule has 0 aliphatic heterocycles. The van der Waals surface area contributed by atoms with Crippen LogP contribution < -0.4 is 5.32 Å². The Bertz CT molecular complexity index is 328. The van der Waals surface area contributed by atoms with Crippen molar-refractivity contribution in [3.05, 3.63) is 15.0 Å². The van der Waals surface area contributed by atoms with Crippen LogP contribution >= 0.6 is 27.3 Å². The van der Waals surface area contributed by atoms with Gasteiger partial charge in [0.15, 0.2) is 0 Å². The molecule has 2 rings (SSSR count). The lowest BCUT2D eigenvalue weighted by molar-refractivity contribution is 0.124. The first-order valence-electron chi connectivity index (χ1n) is 5.68. The third-order valence-corrected chi connectivity index (χ3v) is 4.27. The van der Waals surface area contributed by atoms with E-state index in [9.17, 15) is 0 Å². The minimum Gasteiger partial charge on any atom is -0.380 e. The molecule has 0 saturated heterocycles. The van der Waals surface area contributed by atoms with Gasteiger partial charge < -0.3 is 10.1 Å². The zero-order valence-corrected chi connectivity index (χ0v) is 11.8. The molecule has 1 atom stereocenters. The van der Waals surface area contributed by atoms with Crippen molar-refractivity contribution in [3.63, 3.8) is 0 Å². The molecule has 0 aromatic carbocycles. The maximum Gasteiger partial charge on any atom is 0.110 e. The van der Waals surface area contributed by atoms with E-state index in [4.69, 9.17) is 4.74 Å². The van der Waals surface area contributed by atoms with Gasteiger partial charge in [-0.25, -0.2) is 4.98 Å². The molecule has 1 aromatic rings. The Morgan fingerprint density at radius 1 is 1.69 bits per heavy atom. The Hall–Kier alpha value is 0.0300.